The van der Waals surface area contributed by atoms with Crippen LogP contribution in [-0.2, 0) is 0 Å². The van der Waals surface area contributed by atoms with Crippen molar-refractivity contribution in [2.45, 2.75) is 43.6 Å². The van der Waals surface area contributed by atoms with Crippen molar-refractivity contribution in [1.82, 2.24) is 0 Å². The van der Waals surface area contributed by atoms with Crippen molar-refractivity contribution in [3.63, 3.8) is 0 Å². The van der Waals surface area contributed by atoms with E-state index in [1.807, 2.05) is 0 Å². The van der Waals surface area contributed by atoms with Crippen LogP contribution in [0.3, 0.4) is 0 Å². The van der Waals surface area contributed by atoms with Crippen molar-refractivity contribution in [2.24, 2.45) is 16.4 Å². The molecule has 2 N–H and O–H groups in total. The van der Waals surface area contributed by atoms with Crippen molar-refractivity contribution in [1.29, 1.82) is 0 Å². The highest BCUT2D eigenvalue weighted by Gasteiger charge is 2.73. The average Bonchev–Trinajstić information content (AvgIpc) is 2.62. The van der Waals surface area contributed by atoms with Gasteiger partial charge in [0, 0.05) is 6.07 Å². The maximum atomic E-state index is 14.2. The second-order valence-electron chi connectivity index (χ2n) is 8.22. The summed E-state index contributed by atoms with van der Waals surface area (Å²) in [7, 11) is 0. The highest BCUT2D eigenvalue weighted by Crippen LogP contribution is 2.57. The molecule has 1 aromatic rings. The molecule has 0 aromatic heterocycles. The lowest BCUT2D eigenvalue weighted by Crippen LogP contribution is -2.66. The first-order valence-electron chi connectivity index (χ1n) is 9.12. The van der Waals surface area contributed by atoms with Crippen LogP contribution in [0.1, 0.15) is 27.2 Å². The quantitative estimate of drug-likeness (QED) is 0.208. The molecule has 1 atom stereocenters. The second kappa shape index (κ2) is 8.69. The van der Waals surface area contributed by atoms with E-state index in [-0.39, 0.29) is 6.42 Å². The number of hydrogen-bond acceptors (Lipinski definition) is 7. The maximum absolute atomic E-state index is 14.2. The predicted octanol–water partition coefficient (Wildman–Crippen LogP) is 5.66. The van der Waals surface area contributed by atoms with Gasteiger partial charge in [-0.2, -0.15) is 22.7 Å². The van der Waals surface area contributed by atoms with Gasteiger partial charge in [-0.25, -0.2) is 0 Å². The number of benzene rings is 1. The van der Waals surface area contributed by atoms with Crippen LogP contribution >= 0.6 is 23.2 Å². The van der Waals surface area contributed by atoms with Gasteiger partial charge in [0.05, 0.1) is 27.5 Å². The Hall–Kier alpha value is -2.51. The van der Waals surface area contributed by atoms with Crippen molar-refractivity contribution >= 4 is 46.0 Å². The van der Waals surface area contributed by atoms with E-state index in [1.165, 1.54) is 13.8 Å². The Labute approximate surface area is 194 Å². The molecule has 0 aliphatic heterocycles. The molecular formula is C18H18Cl2F4N4O5. The first-order chi connectivity index (χ1) is 14.8. The van der Waals surface area contributed by atoms with Crippen LogP contribution in [0.5, 0.6) is 0 Å². The third-order valence-electron chi connectivity index (χ3n) is 5.18. The van der Waals surface area contributed by atoms with E-state index in [0.29, 0.717) is 11.6 Å². The summed E-state index contributed by atoms with van der Waals surface area (Å²) in [4.78, 5) is 20.3. The molecule has 0 fully saturated rings. The highest BCUT2D eigenvalue weighted by atomic mass is 35.5. The lowest BCUT2D eigenvalue weighted by Gasteiger charge is -2.49. The van der Waals surface area contributed by atoms with Crippen LogP contribution in [0.15, 0.2) is 34.9 Å². The Morgan fingerprint density at radius 2 is 1.70 bits per heavy atom. The minimum absolute atomic E-state index is 0.0172. The van der Waals surface area contributed by atoms with Gasteiger partial charge >= 0.3 is 16.5 Å². The third kappa shape index (κ3) is 5.04. The van der Waals surface area contributed by atoms with E-state index in [4.69, 9.17) is 23.2 Å². The molecule has 9 nitrogen and oxygen atoms in total. The van der Waals surface area contributed by atoms with Crippen molar-refractivity contribution in [2.75, 3.05) is 5.43 Å². The minimum Gasteiger partial charge on any atom is -0.376 e. The largest absolute Gasteiger partial charge is 0.376 e. The van der Waals surface area contributed by atoms with Gasteiger partial charge in [0.25, 0.3) is 5.69 Å². The number of rotatable bonds is 7. The molecule has 0 saturated heterocycles. The number of anilines is 1. The summed E-state index contributed by atoms with van der Waals surface area (Å²) in [5.41, 5.74) is -5.44. The summed E-state index contributed by atoms with van der Waals surface area (Å²) in [6.07, 6.45) is 1.12. The van der Waals surface area contributed by atoms with Crippen LogP contribution in [0.2, 0.25) is 0 Å². The maximum Gasteiger partial charge on any atom is 0.357 e. The molecule has 0 amide bonds. The average molecular weight is 517 g/mol. The molecule has 1 aliphatic carbocycles. The number of alkyl halides is 6. The number of nitro groups is 2. The van der Waals surface area contributed by atoms with Crippen LogP contribution in [0.25, 0.3) is 0 Å². The van der Waals surface area contributed by atoms with E-state index in [1.54, 1.807) is 6.92 Å². The third-order valence-corrected chi connectivity index (χ3v) is 5.76. The van der Waals surface area contributed by atoms with Crippen molar-refractivity contribution in [3.8, 4) is 0 Å². The molecule has 0 bridgehead atoms. The lowest BCUT2D eigenvalue weighted by molar-refractivity contribution is -0.393. The molecule has 2 rings (SSSR count). The van der Waals surface area contributed by atoms with Gasteiger partial charge in [-0.15, -0.1) is 0 Å². The predicted molar refractivity (Wildman–Crippen MR) is 113 cm³/mol. The number of nitro benzene ring substituents is 2. The van der Waals surface area contributed by atoms with Crippen molar-refractivity contribution in [3.05, 3.63) is 50.1 Å². The Morgan fingerprint density at radius 1 is 1.15 bits per heavy atom. The monoisotopic (exact) mass is 516 g/mol. The number of halogens is 6. The SMILES string of the molecule is CC1=C/C(=N/Nc2ccc([N+](=O)[O-])cc2[N+](=O)[O-])C(C(O)(C(F)(F)Cl)C(F)(F)Cl)C(C)(C)C1. The fourth-order valence-electron chi connectivity index (χ4n) is 3.98. The van der Waals surface area contributed by atoms with E-state index in [0.717, 1.165) is 18.2 Å². The Kier molecular flexibility index (Phi) is 7.04. The molecule has 0 saturated carbocycles. The van der Waals surface area contributed by atoms with E-state index >= 15 is 0 Å². The summed E-state index contributed by atoms with van der Waals surface area (Å²) >= 11 is 9.84. The molecule has 182 valence electrons. The second-order valence-corrected chi connectivity index (χ2v) is 9.16. The normalized spacial score (nSPS) is 20.4. The number of hydrazone groups is 1. The summed E-state index contributed by atoms with van der Waals surface area (Å²) in [5.74, 6) is -2.15. The lowest BCUT2D eigenvalue weighted by atomic mass is 9.61. The molecule has 1 aliphatic rings. The van der Waals surface area contributed by atoms with Crippen molar-refractivity contribution < 1.29 is 32.5 Å². The highest BCUT2D eigenvalue weighted by molar-refractivity contribution is 6.27. The summed E-state index contributed by atoms with van der Waals surface area (Å²) in [6, 6.07) is 2.47. The molecule has 0 spiro atoms. The van der Waals surface area contributed by atoms with Crippen LogP contribution in [-0.4, -0.2) is 37.0 Å². The Balaban J connectivity index is 2.69. The number of non-ortho nitro benzene ring substituents is 1. The molecule has 0 radical (unpaired) electrons. The fourth-order valence-corrected chi connectivity index (χ4v) is 4.48. The number of nitrogens with zero attached hydrogens (tertiary/aromatic N) is 3. The first-order valence-corrected chi connectivity index (χ1v) is 9.88. The number of hydrogen-bond donors (Lipinski definition) is 2. The fraction of sp³-hybridized carbons (Fsp3) is 0.500. The van der Waals surface area contributed by atoms with Crippen LogP contribution < -0.4 is 5.43 Å². The van der Waals surface area contributed by atoms with Crippen LogP contribution in [0, 0.1) is 31.6 Å². The summed E-state index contributed by atoms with van der Waals surface area (Å²) < 4.78 is 56.9. The Morgan fingerprint density at radius 3 is 2.15 bits per heavy atom. The first kappa shape index (κ1) is 26.7. The van der Waals surface area contributed by atoms with E-state index in [2.05, 4.69) is 10.5 Å². The van der Waals surface area contributed by atoms with Crippen LogP contribution in [0.4, 0.5) is 34.6 Å². The van der Waals surface area contributed by atoms with Gasteiger partial charge in [-0.3, -0.25) is 25.7 Å². The molecule has 15 heteroatoms. The minimum atomic E-state index is -4.92. The van der Waals surface area contributed by atoms with E-state index in [9.17, 15) is 42.9 Å². The molecule has 1 aromatic carbocycles. The topological polar surface area (TPSA) is 131 Å². The molecule has 0 heterocycles. The summed E-state index contributed by atoms with van der Waals surface area (Å²) in [5, 5.41) is 26.7. The molecular weight excluding hydrogens is 499 g/mol. The number of aliphatic hydroxyl groups is 1. The number of nitrogens with one attached hydrogen (secondary N) is 1. The molecule has 33 heavy (non-hydrogen) atoms. The zero-order valence-electron chi connectivity index (χ0n) is 17.3. The zero-order valence-corrected chi connectivity index (χ0v) is 18.8. The van der Waals surface area contributed by atoms with Gasteiger partial charge in [0.2, 0.25) is 5.60 Å². The van der Waals surface area contributed by atoms with Gasteiger partial charge in [0.15, 0.2) is 0 Å². The zero-order chi connectivity index (χ0) is 25.6. The standard InChI is InChI=1S/C18H18Cl2F4N4O5/c1-9-6-12(26-25-11-5-4-10(27(30)31)7-13(11)28(32)33)14(15(2,3)8-9)16(29,17(19,21)22)18(20,23)24/h4-7,14,25,29H,8H2,1-3H3/b26-12-. The number of allylic oxidation sites excluding steroid dienone is 2. The van der Waals surface area contributed by atoms with Gasteiger partial charge in [-0.1, -0.05) is 19.4 Å². The van der Waals surface area contributed by atoms with Gasteiger partial charge < -0.3 is 5.11 Å². The molecule has 1 unspecified atom stereocenters. The van der Waals surface area contributed by atoms with Gasteiger partial charge in [0.1, 0.15) is 5.69 Å². The summed E-state index contributed by atoms with van der Waals surface area (Å²) in [6.45, 7) is 4.18. The smallest absolute Gasteiger partial charge is 0.357 e. The van der Waals surface area contributed by atoms with Gasteiger partial charge in [-0.05, 0) is 54.1 Å². The Bertz CT molecular complexity index is 1020. The van der Waals surface area contributed by atoms with E-state index < -0.39 is 60.3 Å².